The SMILES string of the molecule is C=C/C(O)=C(\C(=C)F)c1nc(N(C)c2c(C)ccnc2C(C)C)c(C(=NC)N2CCN(C)[C@@H](C)C2)cc1Cl. The van der Waals surface area contributed by atoms with Crippen LogP contribution in [0.2, 0.25) is 5.02 Å². The summed E-state index contributed by atoms with van der Waals surface area (Å²) in [7, 11) is 5.76. The van der Waals surface area contributed by atoms with E-state index in [2.05, 4.69) is 60.8 Å². The van der Waals surface area contributed by atoms with Crippen LogP contribution in [0.4, 0.5) is 15.9 Å². The van der Waals surface area contributed by atoms with Crippen molar-refractivity contribution >= 4 is 34.5 Å². The zero-order valence-corrected chi connectivity index (χ0v) is 24.1. The van der Waals surface area contributed by atoms with Gasteiger partial charge in [0.05, 0.1) is 33.2 Å². The van der Waals surface area contributed by atoms with Crippen molar-refractivity contribution in [3.05, 3.63) is 76.7 Å². The number of allylic oxidation sites excluding steroid dienone is 3. The number of aliphatic imine (C=N–C) groups is 1. The summed E-state index contributed by atoms with van der Waals surface area (Å²) in [6.07, 6.45) is 2.94. The van der Waals surface area contributed by atoms with Gasteiger partial charge in [-0.05, 0) is 50.6 Å². The molecule has 3 rings (SSSR count). The summed E-state index contributed by atoms with van der Waals surface area (Å²) in [4.78, 5) is 20.7. The number of nitrogens with zero attached hydrogens (tertiary/aromatic N) is 6. The number of aryl methyl sites for hydroxylation is 1. The summed E-state index contributed by atoms with van der Waals surface area (Å²) in [6, 6.07) is 4.01. The third-order valence-corrected chi connectivity index (χ3v) is 7.27. The summed E-state index contributed by atoms with van der Waals surface area (Å²) >= 11 is 6.73. The average molecular weight is 541 g/mol. The van der Waals surface area contributed by atoms with E-state index in [9.17, 15) is 9.50 Å². The number of hydrogen-bond acceptors (Lipinski definition) is 6. The quantitative estimate of drug-likeness (QED) is 0.193. The van der Waals surface area contributed by atoms with Crippen molar-refractivity contribution in [2.75, 3.05) is 45.7 Å². The van der Waals surface area contributed by atoms with E-state index in [0.29, 0.717) is 17.4 Å². The maximum absolute atomic E-state index is 14.6. The van der Waals surface area contributed by atoms with Crippen molar-refractivity contribution in [2.24, 2.45) is 4.99 Å². The molecule has 7 nitrogen and oxygen atoms in total. The van der Waals surface area contributed by atoms with E-state index < -0.39 is 11.6 Å². The smallest absolute Gasteiger partial charge is 0.144 e. The van der Waals surface area contributed by atoms with Crippen molar-refractivity contribution in [3.8, 4) is 0 Å². The van der Waals surface area contributed by atoms with Gasteiger partial charge in [-0.1, -0.05) is 38.6 Å². The lowest BCUT2D eigenvalue weighted by Crippen LogP contribution is -2.52. The molecular weight excluding hydrogens is 503 g/mol. The second-order valence-corrected chi connectivity index (χ2v) is 10.4. The van der Waals surface area contributed by atoms with Gasteiger partial charge in [-0.3, -0.25) is 9.98 Å². The number of rotatable bonds is 7. The standard InChI is InChI=1S/C29H38ClFN6O/c1-10-23(38)24(20(6)31)26-22(30)15-21(28(32-7)37-14-13-35(8)19(5)16-37)29(34-26)36(9)27-18(4)11-12-33-25(27)17(2)3/h10-12,15,17,19,38H,1,6,13-14,16H2,2-5,7-9H3/b24-23-,32-28?/t19-/m0/s1. The highest BCUT2D eigenvalue weighted by molar-refractivity contribution is 6.33. The van der Waals surface area contributed by atoms with Crippen LogP contribution in [-0.2, 0) is 0 Å². The number of pyridine rings is 2. The van der Waals surface area contributed by atoms with Gasteiger partial charge in [0.1, 0.15) is 23.2 Å². The summed E-state index contributed by atoms with van der Waals surface area (Å²) in [5.74, 6) is 0.121. The van der Waals surface area contributed by atoms with Gasteiger partial charge in [0.2, 0.25) is 0 Å². The fraction of sp³-hybridized carbons (Fsp3) is 0.414. The number of likely N-dealkylation sites (N-methyl/N-ethyl adjacent to an activating group) is 1. The fourth-order valence-corrected chi connectivity index (χ4v) is 5.02. The second-order valence-electron chi connectivity index (χ2n) is 9.96. The number of aliphatic hydroxyl groups is 1. The van der Waals surface area contributed by atoms with Crippen LogP contribution in [0.25, 0.3) is 5.57 Å². The molecular formula is C29H38ClFN6O. The Morgan fingerprint density at radius 2 is 2.05 bits per heavy atom. The maximum Gasteiger partial charge on any atom is 0.144 e. The molecule has 0 aliphatic carbocycles. The topological polar surface area (TPSA) is 68.1 Å². The summed E-state index contributed by atoms with van der Waals surface area (Å²) < 4.78 is 14.6. The van der Waals surface area contributed by atoms with E-state index in [1.54, 1.807) is 19.3 Å². The molecule has 0 bridgehead atoms. The predicted molar refractivity (Wildman–Crippen MR) is 156 cm³/mol. The molecule has 0 radical (unpaired) electrons. The van der Waals surface area contributed by atoms with E-state index in [4.69, 9.17) is 16.6 Å². The lowest BCUT2D eigenvalue weighted by molar-refractivity contribution is 0.153. The molecule has 0 unspecified atom stereocenters. The highest BCUT2D eigenvalue weighted by Gasteiger charge is 2.30. The summed E-state index contributed by atoms with van der Waals surface area (Å²) in [5, 5.41) is 10.6. The molecule has 3 heterocycles. The second kappa shape index (κ2) is 12.1. The molecule has 0 saturated carbocycles. The van der Waals surface area contributed by atoms with Crippen LogP contribution < -0.4 is 4.90 Å². The van der Waals surface area contributed by atoms with Crippen LogP contribution in [0.3, 0.4) is 0 Å². The first-order valence-corrected chi connectivity index (χ1v) is 13.0. The minimum absolute atomic E-state index is 0.0667. The van der Waals surface area contributed by atoms with Crippen molar-refractivity contribution in [1.82, 2.24) is 19.8 Å². The highest BCUT2D eigenvalue weighted by atomic mass is 35.5. The number of aliphatic hydroxyl groups excluding tert-OH is 1. The Morgan fingerprint density at radius 1 is 1.37 bits per heavy atom. The van der Waals surface area contributed by atoms with Crippen molar-refractivity contribution < 1.29 is 9.50 Å². The van der Waals surface area contributed by atoms with Crippen LogP contribution in [0.5, 0.6) is 0 Å². The third kappa shape index (κ3) is 5.76. The largest absolute Gasteiger partial charge is 0.507 e. The van der Waals surface area contributed by atoms with Gasteiger partial charge in [-0.15, -0.1) is 0 Å². The van der Waals surface area contributed by atoms with Gasteiger partial charge in [-0.25, -0.2) is 9.37 Å². The van der Waals surface area contributed by atoms with E-state index in [1.807, 2.05) is 24.9 Å². The van der Waals surface area contributed by atoms with Gasteiger partial charge in [-0.2, -0.15) is 0 Å². The van der Waals surface area contributed by atoms with E-state index in [1.165, 1.54) is 0 Å². The van der Waals surface area contributed by atoms with Crippen molar-refractivity contribution in [3.63, 3.8) is 0 Å². The average Bonchev–Trinajstić information content (AvgIpc) is 2.86. The third-order valence-electron chi connectivity index (χ3n) is 6.98. The van der Waals surface area contributed by atoms with E-state index in [0.717, 1.165) is 48.5 Å². The number of hydrogen-bond donors (Lipinski definition) is 1. The molecule has 1 saturated heterocycles. The molecule has 0 spiro atoms. The molecule has 0 aromatic carbocycles. The van der Waals surface area contributed by atoms with Gasteiger partial charge >= 0.3 is 0 Å². The Kier molecular flexibility index (Phi) is 9.33. The van der Waals surface area contributed by atoms with Gasteiger partial charge < -0.3 is 19.8 Å². The first-order chi connectivity index (χ1) is 17.9. The van der Waals surface area contributed by atoms with Crippen molar-refractivity contribution in [1.29, 1.82) is 0 Å². The lowest BCUT2D eigenvalue weighted by atomic mass is 10.0. The van der Waals surface area contributed by atoms with Crippen LogP contribution in [0.1, 0.15) is 49.2 Å². The summed E-state index contributed by atoms with van der Waals surface area (Å²) in [5.41, 5.74) is 3.36. The van der Waals surface area contributed by atoms with Gasteiger partial charge in [0.25, 0.3) is 0 Å². The Morgan fingerprint density at radius 3 is 2.61 bits per heavy atom. The predicted octanol–water partition coefficient (Wildman–Crippen LogP) is 6.28. The zero-order chi connectivity index (χ0) is 28.3. The minimum Gasteiger partial charge on any atom is -0.507 e. The molecule has 2 aromatic heterocycles. The Balaban J connectivity index is 2.34. The number of anilines is 2. The number of piperazine rings is 1. The number of amidine groups is 1. The number of halogens is 2. The lowest BCUT2D eigenvalue weighted by Gasteiger charge is -2.40. The molecule has 38 heavy (non-hydrogen) atoms. The Labute approximate surface area is 230 Å². The van der Waals surface area contributed by atoms with Crippen molar-refractivity contribution in [2.45, 2.75) is 39.7 Å². The molecule has 1 fully saturated rings. The summed E-state index contributed by atoms with van der Waals surface area (Å²) in [6.45, 7) is 17.8. The molecule has 9 heteroatoms. The molecule has 2 aromatic rings. The first-order valence-electron chi connectivity index (χ1n) is 12.7. The van der Waals surface area contributed by atoms with Crippen LogP contribution in [0, 0.1) is 6.92 Å². The molecule has 1 atom stereocenters. The first kappa shape index (κ1) is 29.3. The van der Waals surface area contributed by atoms with Crippen LogP contribution in [-0.4, -0.2) is 77.5 Å². The fourth-order valence-electron chi connectivity index (χ4n) is 4.77. The van der Waals surface area contributed by atoms with E-state index in [-0.39, 0.29) is 22.2 Å². The van der Waals surface area contributed by atoms with Crippen LogP contribution >= 0.6 is 11.6 Å². The minimum atomic E-state index is -0.865. The highest BCUT2D eigenvalue weighted by Crippen LogP contribution is 2.39. The molecule has 0 amide bonds. The molecule has 1 N–H and O–H groups in total. The number of aromatic nitrogens is 2. The monoisotopic (exact) mass is 540 g/mol. The normalized spacial score (nSPS) is 17.5. The van der Waals surface area contributed by atoms with Gasteiger partial charge in [0, 0.05) is 46.0 Å². The van der Waals surface area contributed by atoms with Crippen LogP contribution in [0.15, 0.2) is 54.1 Å². The van der Waals surface area contributed by atoms with Gasteiger partial charge in [0.15, 0.2) is 0 Å². The Bertz CT molecular complexity index is 1290. The Hall–Kier alpha value is -3.23. The molecule has 1 aliphatic heterocycles. The maximum atomic E-state index is 14.6. The molecule has 1 aliphatic rings. The van der Waals surface area contributed by atoms with E-state index >= 15 is 0 Å². The molecule has 204 valence electrons. The zero-order valence-electron chi connectivity index (χ0n) is 23.4.